The summed E-state index contributed by atoms with van der Waals surface area (Å²) in [4.78, 5) is 11.0. The van der Waals surface area contributed by atoms with E-state index < -0.39 is 0 Å². The second-order valence-electron chi connectivity index (χ2n) is 4.39. The van der Waals surface area contributed by atoms with Crippen LogP contribution in [0.2, 0.25) is 0 Å². The Morgan fingerprint density at radius 2 is 2.15 bits per heavy atom. The highest BCUT2D eigenvalue weighted by Crippen LogP contribution is 2.26. The zero-order valence-electron chi connectivity index (χ0n) is 12.5. The molecule has 7 heteroatoms. The maximum absolute atomic E-state index is 5.25. The van der Waals surface area contributed by atoms with Crippen LogP contribution in [0.5, 0.6) is 0 Å². The molecular weight excluding hydrogens is 324 g/mol. The first kappa shape index (κ1) is 17.1. The molecule has 0 spiro atoms. The Morgan fingerprint density at radius 3 is 2.75 bits per heavy atom. The predicted octanol–water partition coefficient (Wildman–Crippen LogP) is 2.16. The molecule has 1 atom stereocenters. The van der Waals surface area contributed by atoms with Crippen molar-refractivity contribution in [3.63, 3.8) is 0 Å². The Morgan fingerprint density at radius 1 is 1.40 bits per heavy atom. The third kappa shape index (κ3) is 4.88. The normalized spacial score (nSPS) is 12.2. The third-order valence-electron chi connectivity index (χ3n) is 2.81. The molecule has 0 aliphatic rings. The monoisotopic (exact) mass is 346 g/mol. The van der Waals surface area contributed by atoms with Crippen molar-refractivity contribution < 1.29 is 9.47 Å². The summed E-state index contributed by atoms with van der Waals surface area (Å²) in [6.45, 7) is 6.88. The van der Waals surface area contributed by atoms with E-state index in [1.165, 1.54) is 0 Å². The maximum atomic E-state index is 5.25. The number of hydrogen-bond donors (Lipinski definition) is 1. The Balaban J connectivity index is 3.00. The number of hydrogen-bond acceptors (Lipinski definition) is 6. The molecule has 1 unspecified atom stereocenters. The van der Waals surface area contributed by atoms with Crippen molar-refractivity contribution in [2.75, 3.05) is 50.7 Å². The summed E-state index contributed by atoms with van der Waals surface area (Å²) >= 11 is 3.52. The highest BCUT2D eigenvalue weighted by Gasteiger charge is 2.19. The highest BCUT2D eigenvalue weighted by atomic mass is 79.9. The van der Waals surface area contributed by atoms with Gasteiger partial charge in [0.1, 0.15) is 5.82 Å². The molecule has 1 aromatic heterocycles. The summed E-state index contributed by atoms with van der Waals surface area (Å²) in [5.41, 5.74) is 0. The average molecular weight is 347 g/mol. The summed E-state index contributed by atoms with van der Waals surface area (Å²) in [5, 5.41) is 3.12. The van der Waals surface area contributed by atoms with Crippen LogP contribution in [-0.4, -0.2) is 56.5 Å². The lowest BCUT2D eigenvalue weighted by Crippen LogP contribution is -2.39. The third-order valence-corrected chi connectivity index (χ3v) is 3.37. The van der Waals surface area contributed by atoms with Gasteiger partial charge in [0.25, 0.3) is 0 Å². The summed E-state index contributed by atoms with van der Waals surface area (Å²) in [7, 11) is 3.39. The van der Waals surface area contributed by atoms with Gasteiger partial charge in [-0.05, 0) is 29.8 Å². The van der Waals surface area contributed by atoms with Gasteiger partial charge in [-0.3, -0.25) is 0 Å². The number of halogens is 1. The van der Waals surface area contributed by atoms with E-state index >= 15 is 0 Å². The molecule has 0 aromatic carbocycles. The van der Waals surface area contributed by atoms with Gasteiger partial charge < -0.3 is 19.7 Å². The van der Waals surface area contributed by atoms with Crippen molar-refractivity contribution in [3.8, 4) is 0 Å². The molecule has 0 bridgehead atoms. The van der Waals surface area contributed by atoms with E-state index in [-0.39, 0.29) is 6.04 Å². The minimum Gasteiger partial charge on any atom is -0.383 e. The largest absolute Gasteiger partial charge is 0.383 e. The molecular formula is C13H23BrN4O2. The Bertz CT molecular complexity index is 406. The first-order valence-electron chi connectivity index (χ1n) is 6.64. The van der Waals surface area contributed by atoms with Gasteiger partial charge in [0.05, 0.1) is 23.7 Å². The van der Waals surface area contributed by atoms with Crippen molar-refractivity contribution in [2.24, 2.45) is 0 Å². The van der Waals surface area contributed by atoms with E-state index in [0.29, 0.717) is 19.2 Å². The van der Waals surface area contributed by atoms with Crippen LogP contribution >= 0.6 is 15.9 Å². The van der Waals surface area contributed by atoms with Gasteiger partial charge in [-0.1, -0.05) is 0 Å². The molecule has 0 aliphatic carbocycles. The van der Waals surface area contributed by atoms with E-state index in [2.05, 4.69) is 43.0 Å². The number of aromatic nitrogens is 2. The second kappa shape index (κ2) is 9.10. The molecule has 0 saturated carbocycles. The maximum Gasteiger partial charge on any atom is 0.224 e. The first-order chi connectivity index (χ1) is 9.63. The summed E-state index contributed by atoms with van der Waals surface area (Å²) < 4.78 is 11.3. The minimum atomic E-state index is 0.191. The number of nitrogens with zero attached hydrogens (tertiary/aromatic N) is 3. The van der Waals surface area contributed by atoms with Gasteiger partial charge >= 0.3 is 0 Å². The molecule has 1 aromatic rings. The number of methoxy groups -OCH3 is 2. The van der Waals surface area contributed by atoms with Crippen LogP contribution in [0.25, 0.3) is 0 Å². The van der Waals surface area contributed by atoms with Gasteiger partial charge in [0.15, 0.2) is 0 Å². The van der Waals surface area contributed by atoms with Crippen LogP contribution in [0, 0.1) is 0 Å². The van der Waals surface area contributed by atoms with Crippen molar-refractivity contribution in [1.82, 2.24) is 9.97 Å². The van der Waals surface area contributed by atoms with Gasteiger partial charge in [0, 0.05) is 33.5 Å². The zero-order chi connectivity index (χ0) is 15.0. The van der Waals surface area contributed by atoms with E-state index in [9.17, 15) is 0 Å². The van der Waals surface area contributed by atoms with Gasteiger partial charge in [-0.2, -0.15) is 4.98 Å². The number of anilines is 2. The fraction of sp³-hybridized carbons (Fsp3) is 0.692. The fourth-order valence-corrected chi connectivity index (χ4v) is 2.28. The predicted molar refractivity (Wildman–Crippen MR) is 84.5 cm³/mol. The van der Waals surface area contributed by atoms with Crippen LogP contribution in [0.15, 0.2) is 10.7 Å². The van der Waals surface area contributed by atoms with Gasteiger partial charge in [0.2, 0.25) is 5.95 Å². The minimum absolute atomic E-state index is 0.191. The summed E-state index contributed by atoms with van der Waals surface area (Å²) in [6.07, 6.45) is 1.76. The summed E-state index contributed by atoms with van der Waals surface area (Å²) in [5.74, 6) is 1.47. The van der Waals surface area contributed by atoms with Crippen molar-refractivity contribution in [2.45, 2.75) is 19.9 Å². The van der Waals surface area contributed by atoms with Crippen molar-refractivity contribution >= 4 is 27.7 Å². The smallest absolute Gasteiger partial charge is 0.224 e. The fourth-order valence-electron chi connectivity index (χ4n) is 1.86. The molecule has 0 fully saturated rings. The van der Waals surface area contributed by atoms with Crippen LogP contribution in [-0.2, 0) is 9.47 Å². The van der Waals surface area contributed by atoms with E-state index in [4.69, 9.17) is 9.47 Å². The van der Waals surface area contributed by atoms with Crippen LogP contribution < -0.4 is 10.2 Å². The molecule has 0 amide bonds. The van der Waals surface area contributed by atoms with E-state index in [0.717, 1.165) is 23.4 Å². The topological polar surface area (TPSA) is 59.5 Å². The second-order valence-corrected chi connectivity index (χ2v) is 5.24. The van der Waals surface area contributed by atoms with Crippen LogP contribution in [0.3, 0.4) is 0 Å². The SMILES string of the molecule is CCNc1ncc(Br)c(N(CCOC)C(C)COC)n1. The van der Waals surface area contributed by atoms with Crippen molar-refractivity contribution in [3.05, 3.63) is 10.7 Å². The van der Waals surface area contributed by atoms with E-state index in [1.807, 2.05) is 6.92 Å². The summed E-state index contributed by atoms with van der Waals surface area (Å²) in [6, 6.07) is 0.191. The molecule has 0 aliphatic heterocycles. The molecule has 1 N–H and O–H groups in total. The van der Waals surface area contributed by atoms with E-state index in [1.54, 1.807) is 20.4 Å². The molecule has 0 radical (unpaired) electrons. The molecule has 1 rings (SSSR count). The highest BCUT2D eigenvalue weighted by molar-refractivity contribution is 9.10. The van der Waals surface area contributed by atoms with Crippen LogP contribution in [0.4, 0.5) is 11.8 Å². The molecule has 20 heavy (non-hydrogen) atoms. The molecule has 114 valence electrons. The first-order valence-corrected chi connectivity index (χ1v) is 7.44. The lowest BCUT2D eigenvalue weighted by atomic mass is 10.3. The Labute approximate surface area is 129 Å². The molecule has 1 heterocycles. The number of ether oxygens (including phenoxy) is 2. The zero-order valence-corrected chi connectivity index (χ0v) is 14.1. The quantitative estimate of drug-likeness (QED) is 0.739. The van der Waals surface area contributed by atoms with Gasteiger partial charge in [-0.15, -0.1) is 0 Å². The molecule has 6 nitrogen and oxygen atoms in total. The standard InChI is InChI=1S/C13H23BrN4O2/c1-5-15-13-16-8-11(14)12(17-13)18(6-7-19-3)10(2)9-20-4/h8,10H,5-7,9H2,1-4H3,(H,15,16,17). The van der Waals surface area contributed by atoms with Crippen LogP contribution in [0.1, 0.15) is 13.8 Å². The number of rotatable bonds is 9. The van der Waals surface area contributed by atoms with Gasteiger partial charge in [-0.25, -0.2) is 4.98 Å². The average Bonchev–Trinajstić information content (AvgIpc) is 2.43. The number of nitrogens with one attached hydrogen (secondary N) is 1. The molecule has 0 saturated heterocycles. The lowest BCUT2D eigenvalue weighted by Gasteiger charge is -2.30. The Kier molecular flexibility index (Phi) is 7.79. The van der Waals surface area contributed by atoms with Crippen molar-refractivity contribution in [1.29, 1.82) is 0 Å². The lowest BCUT2D eigenvalue weighted by molar-refractivity contribution is 0.170. The Hall–Kier alpha value is -0.920.